The van der Waals surface area contributed by atoms with Crippen LogP contribution in [0.2, 0.25) is 0 Å². The summed E-state index contributed by atoms with van der Waals surface area (Å²) in [4.78, 5) is 46.4. The zero-order valence-electron chi connectivity index (χ0n) is 17.3. The van der Waals surface area contributed by atoms with Crippen molar-refractivity contribution in [2.45, 2.75) is 37.8 Å². The number of amides is 1. The second kappa shape index (κ2) is 7.67. The van der Waals surface area contributed by atoms with E-state index in [-0.39, 0.29) is 47.0 Å². The molecular weight excluding hydrogens is 417 g/mol. The highest BCUT2D eigenvalue weighted by atomic mass is 19.1. The molecule has 9 nitrogen and oxygen atoms in total. The zero-order chi connectivity index (χ0) is 22.4. The SMILES string of the molecule is CN(CC#Cc1nc2c([nH]1)c(=O)n(C1CC1)c(=O)n2C1CC1)C(=O)Oc1cccc(F)c1. The number of aromatic nitrogens is 4. The molecule has 1 N–H and O–H groups in total. The third-order valence-corrected chi connectivity index (χ3v) is 5.42. The van der Waals surface area contributed by atoms with Gasteiger partial charge in [0.2, 0.25) is 0 Å². The number of aromatic amines is 1. The second-order valence-electron chi connectivity index (χ2n) is 8.06. The molecule has 164 valence electrons. The van der Waals surface area contributed by atoms with Crippen LogP contribution in [-0.4, -0.2) is 43.7 Å². The molecule has 0 bridgehead atoms. The number of hydrogen-bond donors (Lipinski definition) is 1. The Labute approximate surface area is 181 Å². The lowest BCUT2D eigenvalue weighted by molar-refractivity contribution is 0.168. The third-order valence-electron chi connectivity index (χ3n) is 5.42. The van der Waals surface area contributed by atoms with E-state index < -0.39 is 11.9 Å². The molecule has 2 aromatic heterocycles. The van der Waals surface area contributed by atoms with Crippen molar-refractivity contribution >= 4 is 17.3 Å². The molecule has 2 aliphatic rings. The number of imidazole rings is 1. The Balaban J connectivity index is 1.37. The van der Waals surface area contributed by atoms with Crippen LogP contribution < -0.4 is 16.0 Å². The van der Waals surface area contributed by atoms with Gasteiger partial charge in [0.25, 0.3) is 5.56 Å². The first-order valence-electron chi connectivity index (χ1n) is 10.4. The molecule has 0 spiro atoms. The first-order valence-corrected chi connectivity index (χ1v) is 10.4. The number of hydrogen-bond acceptors (Lipinski definition) is 5. The van der Waals surface area contributed by atoms with Crippen LogP contribution in [0.5, 0.6) is 5.75 Å². The van der Waals surface area contributed by atoms with Crippen molar-refractivity contribution in [1.29, 1.82) is 0 Å². The summed E-state index contributed by atoms with van der Waals surface area (Å²) in [5.41, 5.74) is -0.0896. The average molecular weight is 437 g/mol. The summed E-state index contributed by atoms with van der Waals surface area (Å²) in [7, 11) is 1.49. The molecule has 2 fully saturated rings. The standard InChI is InChI=1S/C22H20FN5O4/c1-26(22(31)32-16-5-2-4-13(23)12-16)11-3-6-17-24-18-19(25-17)27(14-7-8-14)21(30)28(20(18)29)15-9-10-15/h2,4-5,12,14-15H,7-11H2,1H3,(H,24,25). The zero-order valence-corrected chi connectivity index (χ0v) is 17.3. The van der Waals surface area contributed by atoms with Crippen molar-refractivity contribution in [2.75, 3.05) is 13.6 Å². The lowest BCUT2D eigenvalue weighted by Gasteiger charge is -2.13. The summed E-state index contributed by atoms with van der Waals surface area (Å²) in [5.74, 6) is 5.43. The number of ether oxygens (including phenoxy) is 1. The van der Waals surface area contributed by atoms with E-state index in [1.165, 1.54) is 34.7 Å². The molecule has 3 aromatic rings. The van der Waals surface area contributed by atoms with Gasteiger partial charge in [-0.2, -0.15) is 0 Å². The van der Waals surface area contributed by atoms with Gasteiger partial charge in [-0.25, -0.2) is 19.0 Å². The second-order valence-corrected chi connectivity index (χ2v) is 8.06. The number of nitrogens with one attached hydrogen (secondary N) is 1. The van der Waals surface area contributed by atoms with Crippen LogP contribution in [0.15, 0.2) is 33.9 Å². The number of rotatable bonds is 4. The van der Waals surface area contributed by atoms with Crippen LogP contribution in [0.1, 0.15) is 43.6 Å². The summed E-state index contributed by atoms with van der Waals surface area (Å²) in [6.45, 7) is 0.0208. The number of benzene rings is 1. The maximum absolute atomic E-state index is 13.2. The number of fused-ring (bicyclic) bond motifs is 1. The number of H-pyrrole nitrogens is 1. The van der Waals surface area contributed by atoms with E-state index >= 15 is 0 Å². The first kappa shape index (κ1) is 20.1. The van der Waals surface area contributed by atoms with E-state index in [0.29, 0.717) is 5.65 Å². The van der Waals surface area contributed by atoms with Crippen molar-refractivity contribution in [3.05, 3.63) is 56.7 Å². The van der Waals surface area contributed by atoms with Crippen LogP contribution in [0.4, 0.5) is 9.18 Å². The Bertz CT molecular complexity index is 1400. The van der Waals surface area contributed by atoms with E-state index in [4.69, 9.17) is 4.74 Å². The maximum Gasteiger partial charge on any atom is 0.415 e. The van der Waals surface area contributed by atoms with E-state index in [9.17, 15) is 18.8 Å². The Morgan fingerprint density at radius 2 is 1.97 bits per heavy atom. The van der Waals surface area contributed by atoms with Gasteiger partial charge < -0.3 is 9.72 Å². The Morgan fingerprint density at radius 1 is 1.25 bits per heavy atom. The largest absolute Gasteiger partial charge is 0.415 e. The van der Waals surface area contributed by atoms with Crippen LogP contribution in [0.25, 0.3) is 11.2 Å². The van der Waals surface area contributed by atoms with Gasteiger partial charge >= 0.3 is 11.8 Å². The Morgan fingerprint density at radius 3 is 2.66 bits per heavy atom. The van der Waals surface area contributed by atoms with Crippen LogP contribution in [-0.2, 0) is 0 Å². The molecule has 1 amide bonds. The predicted molar refractivity (Wildman–Crippen MR) is 113 cm³/mol. The van der Waals surface area contributed by atoms with Crippen molar-refractivity contribution in [1.82, 2.24) is 24.0 Å². The van der Waals surface area contributed by atoms with Gasteiger partial charge in [0.05, 0.1) is 6.54 Å². The molecule has 2 heterocycles. The van der Waals surface area contributed by atoms with Crippen LogP contribution in [0.3, 0.4) is 0 Å². The highest BCUT2D eigenvalue weighted by Gasteiger charge is 2.34. The molecule has 0 atom stereocenters. The third kappa shape index (κ3) is 3.77. The van der Waals surface area contributed by atoms with Gasteiger partial charge in [0, 0.05) is 25.2 Å². The molecule has 2 saturated carbocycles. The van der Waals surface area contributed by atoms with Gasteiger partial charge in [-0.3, -0.25) is 18.8 Å². The molecule has 0 unspecified atom stereocenters. The lowest BCUT2D eigenvalue weighted by atomic mass is 10.3. The highest BCUT2D eigenvalue weighted by molar-refractivity contribution is 5.72. The van der Waals surface area contributed by atoms with Gasteiger partial charge in [0.1, 0.15) is 11.6 Å². The normalized spacial score (nSPS) is 15.3. The summed E-state index contributed by atoms with van der Waals surface area (Å²) >= 11 is 0. The van der Waals surface area contributed by atoms with Gasteiger partial charge in [0.15, 0.2) is 17.0 Å². The molecule has 0 saturated heterocycles. The molecule has 5 rings (SSSR count). The minimum absolute atomic E-state index is 0.0208. The smallest absolute Gasteiger partial charge is 0.410 e. The monoisotopic (exact) mass is 437 g/mol. The van der Waals surface area contributed by atoms with Gasteiger partial charge in [-0.05, 0) is 43.7 Å². The Hall–Kier alpha value is -3.87. The summed E-state index contributed by atoms with van der Waals surface area (Å²) in [5, 5.41) is 0. The maximum atomic E-state index is 13.2. The van der Waals surface area contributed by atoms with Crippen LogP contribution >= 0.6 is 0 Å². The highest BCUT2D eigenvalue weighted by Crippen LogP contribution is 2.36. The van der Waals surface area contributed by atoms with E-state index in [0.717, 1.165) is 31.7 Å². The van der Waals surface area contributed by atoms with E-state index in [1.54, 1.807) is 4.57 Å². The number of halogens is 1. The van der Waals surface area contributed by atoms with Crippen LogP contribution in [0, 0.1) is 17.7 Å². The molecule has 10 heteroatoms. The van der Waals surface area contributed by atoms with Gasteiger partial charge in [-0.15, -0.1) is 0 Å². The molecule has 2 aliphatic carbocycles. The van der Waals surface area contributed by atoms with Crippen molar-refractivity contribution in [2.24, 2.45) is 0 Å². The molecule has 0 radical (unpaired) electrons. The predicted octanol–water partition coefficient (Wildman–Crippen LogP) is 2.18. The fourth-order valence-electron chi connectivity index (χ4n) is 3.49. The molecule has 1 aromatic carbocycles. The summed E-state index contributed by atoms with van der Waals surface area (Å²) in [6.07, 6.45) is 2.71. The Kier molecular flexibility index (Phi) is 4.81. The average Bonchev–Trinajstić information content (AvgIpc) is 3.67. The number of nitrogens with zero attached hydrogens (tertiary/aromatic N) is 4. The number of carbonyl (C=O) groups excluding carboxylic acids is 1. The quantitative estimate of drug-likeness (QED) is 0.631. The minimum Gasteiger partial charge on any atom is -0.410 e. The molecular formula is C22H20FN5O4. The van der Waals surface area contributed by atoms with Gasteiger partial charge in [-0.1, -0.05) is 12.0 Å². The van der Waals surface area contributed by atoms with E-state index in [1.807, 2.05) is 0 Å². The van der Waals surface area contributed by atoms with Crippen molar-refractivity contribution in [3.63, 3.8) is 0 Å². The van der Waals surface area contributed by atoms with Crippen molar-refractivity contribution in [3.8, 4) is 17.6 Å². The topological polar surface area (TPSA) is 102 Å². The van der Waals surface area contributed by atoms with Crippen molar-refractivity contribution < 1.29 is 13.9 Å². The lowest BCUT2D eigenvalue weighted by Crippen LogP contribution is -2.39. The first-order chi connectivity index (χ1) is 15.4. The van der Waals surface area contributed by atoms with E-state index in [2.05, 4.69) is 21.8 Å². The fraction of sp³-hybridized carbons (Fsp3) is 0.364. The summed E-state index contributed by atoms with van der Waals surface area (Å²) in [6, 6.07) is 5.30. The minimum atomic E-state index is -0.690. The molecule has 0 aliphatic heterocycles. The fourth-order valence-corrected chi connectivity index (χ4v) is 3.49. The summed E-state index contributed by atoms with van der Waals surface area (Å²) < 4.78 is 21.2. The number of carbonyl (C=O) groups is 1. The molecule has 32 heavy (non-hydrogen) atoms.